The van der Waals surface area contributed by atoms with Gasteiger partial charge in [0.05, 0.1) is 0 Å². The molecule has 1 aliphatic rings. The Hall–Kier alpha value is -1.32. The van der Waals surface area contributed by atoms with E-state index in [1.54, 1.807) is 0 Å². The Kier molecular flexibility index (Phi) is 4.27. The van der Waals surface area contributed by atoms with E-state index in [1.807, 2.05) is 6.07 Å². The van der Waals surface area contributed by atoms with Crippen molar-refractivity contribution in [2.24, 2.45) is 0 Å². The Labute approximate surface area is 116 Å². The van der Waals surface area contributed by atoms with E-state index in [1.165, 1.54) is 19.3 Å². The van der Waals surface area contributed by atoms with E-state index in [2.05, 4.69) is 48.3 Å². The molecule has 2 N–H and O–H groups in total. The molecule has 1 heterocycles. The first-order chi connectivity index (χ1) is 9.02. The molecule has 4 heteroatoms. The minimum atomic E-state index is 0.227. The van der Waals surface area contributed by atoms with Gasteiger partial charge < -0.3 is 10.6 Å². The van der Waals surface area contributed by atoms with Crippen molar-refractivity contribution in [1.29, 1.82) is 0 Å². The highest BCUT2D eigenvalue weighted by atomic mass is 15.1. The molecule has 0 spiro atoms. The maximum absolute atomic E-state index is 4.65. The lowest BCUT2D eigenvalue weighted by Crippen LogP contribution is -2.42. The van der Waals surface area contributed by atoms with Crippen LogP contribution in [0.1, 0.15) is 65.1 Å². The third kappa shape index (κ3) is 3.58. The molecule has 1 aliphatic carbocycles. The van der Waals surface area contributed by atoms with Gasteiger partial charge in [0.15, 0.2) is 0 Å². The van der Waals surface area contributed by atoms with Crippen molar-refractivity contribution >= 4 is 11.6 Å². The molecule has 0 radical (unpaired) electrons. The Morgan fingerprint density at radius 3 is 2.47 bits per heavy atom. The fraction of sp³-hybridized carbons (Fsp3) is 0.733. The lowest BCUT2D eigenvalue weighted by atomic mass is 9.78. The molecule has 19 heavy (non-hydrogen) atoms. The number of anilines is 2. The third-order valence-electron chi connectivity index (χ3n) is 3.70. The lowest BCUT2D eigenvalue weighted by Gasteiger charge is -2.39. The topological polar surface area (TPSA) is 49.8 Å². The van der Waals surface area contributed by atoms with Gasteiger partial charge in [0.2, 0.25) is 0 Å². The van der Waals surface area contributed by atoms with Crippen molar-refractivity contribution in [3.8, 4) is 0 Å². The van der Waals surface area contributed by atoms with Gasteiger partial charge in [-0.15, -0.1) is 0 Å². The average Bonchev–Trinajstić information content (AvgIpc) is 2.34. The van der Waals surface area contributed by atoms with Crippen molar-refractivity contribution in [3.05, 3.63) is 11.9 Å². The van der Waals surface area contributed by atoms with Gasteiger partial charge in [-0.3, -0.25) is 0 Å². The maximum atomic E-state index is 4.65. The smallest absolute Gasteiger partial charge is 0.135 e. The van der Waals surface area contributed by atoms with Crippen molar-refractivity contribution in [1.82, 2.24) is 9.97 Å². The summed E-state index contributed by atoms with van der Waals surface area (Å²) in [6.07, 6.45) is 4.87. The first-order valence-corrected chi connectivity index (χ1v) is 7.43. The summed E-state index contributed by atoms with van der Waals surface area (Å²) in [6.45, 7) is 9.64. The second-order valence-electron chi connectivity index (χ2n) is 6.12. The van der Waals surface area contributed by atoms with Crippen LogP contribution in [-0.4, -0.2) is 22.1 Å². The van der Waals surface area contributed by atoms with Crippen LogP contribution in [0.4, 0.5) is 11.6 Å². The van der Waals surface area contributed by atoms with Gasteiger partial charge in [0.1, 0.15) is 17.5 Å². The van der Waals surface area contributed by atoms with Gasteiger partial charge in [-0.2, -0.15) is 0 Å². The van der Waals surface area contributed by atoms with Crippen molar-refractivity contribution in [2.45, 2.75) is 64.8 Å². The molecular formula is C15H26N4. The molecule has 1 aromatic heterocycles. The molecule has 106 valence electrons. The van der Waals surface area contributed by atoms with E-state index >= 15 is 0 Å². The second kappa shape index (κ2) is 5.76. The average molecular weight is 262 g/mol. The van der Waals surface area contributed by atoms with Crippen LogP contribution in [0.2, 0.25) is 0 Å². The highest BCUT2D eigenvalue weighted by molar-refractivity contribution is 5.49. The minimum Gasteiger partial charge on any atom is -0.370 e. The van der Waals surface area contributed by atoms with Crippen molar-refractivity contribution in [2.75, 3.05) is 17.2 Å². The van der Waals surface area contributed by atoms with Gasteiger partial charge >= 0.3 is 0 Å². The van der Waals surface area contributed by atoms with Crippen LogP contribution in [0.5, 0.6) is 0 Å². The van der Waals surface area contributed by atoms with Crippen molar-refractivity contribution in [3.63, 3.8) is 0 Å². The number of nitrogens with one attached hydrogen (secondary N) is 2. The SMILES string of the molecule is CCCNc1cc(NC2(C)CCC2)nc(C(C)C)n1. The zero-order valence-electron chi connectivity index (χ0n) is 12.6. The zero-order chi connectivity index (χ0) is 13.9. The molecule has 0 aromatic carbocycles. The first kappa shape index (κ1) is 14.1. The maximum Gasteiger partial charge on any atom is 0.135 e. The zero-order valence-corrected chi connectivity index (χ0v) is 12.6. The summed E-state index contributed by atoms with van der Waals surface area (Å²) in [7, 11) is 0. The van der Waals surface area contributed by atoms with Gasteiger partial charge in [0, 0.05) is 24.1 Å². The second-order valence-corrected chi connectivity index (χ2v) is 6.12. The predicted octanol–water partition coefficient (Wildman–Crippen LogP) is 3.78. The van der Waals surface area contributed by atoms with E-state index < -0.39 is 0 Å². The van der Waals surface area contributed by atoms with Crippen LogP contribution in [0.25, 0.3) is 0 Å². The molecule has 0 aliphatic heterocycles. The van der Waals surface area contributed by atoms with Gasteiger partial charge in [-0.1, -0.05) is 20.8 Å². The predicted molar refractivity (Wildman–Crippen MR) is 80.8 cm³/mol. The van der Waals surface area contributed by atoms with Gasteiger partial charge in [-0.05, 0) is 32.6 Å². The summed E-state index contributed by atoms with van der Waals surface area (Å²) in [5.41, 5.74) is 0.227. The van der Waals surface area contributed by atoms with Crippen LogP contribution < -0.4 is 10.6 Å². The molecule has 1 fully saturated rings. The number of rotatable bonds is 6. The Balaban J connectivity index is 2.18. The summed E-state index contributed by atoms with van der Waals surface area (Å²) in [4.78, 5) is 9.23. The molecule has 4 nitrogen and oxygen atoms in total. The molecule has 0 amide bonds. The molecule has 1 aromatic rings. The number of aromatic nitrogens is 2. The van der Waals surface area contributed by atoms with E-state index in [9.17, 15) is 0 Å². The minimum absolute atomic E-state index is 0.227. The van der Waals surface area contributed by atoms with Crippen LogP contribution in [0.15, 0.2) is 6.07 Å². The molecule has 2 rings (SSSR count). The third-order valence-corrected chi connectivity index (χ3v) is 3.70. The summed E-state index contributed by atoms with van der Waals surface area (Å²) in [5, 5.41) is 6.94. The first-order valence-electron chi connectivity index (χ1n) is 7.43. The number of hydrogen-bond donors (Lipinski definition) is 2. The highest BCUT2D eigenvalue weighted by Crippen LogP contribution is 2.34. The van der Waals surface area contributed by atoms with Crippen LogP contribution >= 0.6 is 0 Å². The number of nitrogens with zero attached hydrogens (tertiary/aromatic N) is 2. The molecular weight excluding hydrogens is 236 g/mol. The van der Waals surface area contributed by atoms with E-state index in [4.69, 9.17) is 0 Å². The normalized spacial score (nSPS) is 17.1. The molecule has 1 saturated carbocycles. The van der Waals surface area contributed by atoms with Gasteiger partial charge in [0.25, 0.3) is 0 Å². The monoisotopic (exact) mass is 262 g/mol. The Bertz CT molecular complexity index is 424. The van der Waals surface area contributed by atoms with Crippen LogP contribution in [0, 0.1) is 0 Å². The number of hydrogen-bond acceptors (Lipinski definition) is 4. The summed E-state index contributed by atoms with van der Waals surface area (Å²) in [5.74, 6) is 3.15. The van der Waals surface area contributed by atoms with Crippen LogP contribution in [0.3, 0.4) is 0 Å². The fourth-order valence-corrected chi connectivity index (χ4v) is 2.27. The quantitative estimate of drug-likeness (QED) is 0.819. The lowest BCUT2D eigenvalue weighted by molar-refractivity contribution is 0.305. The van der Waals surface area contributed by atoms with Gasteiger partial charge in [-0.25, -0.2) is 9.97 Å². The molecule has 0 bridgehead atoms. The Morgan fingerprint density at radius 2 is 1.95 bits per heavy atom. The Morgan fingerprint density at radius 1 is 1.26 bits per heavy atom. The van der Waals surface area contributed by atoms with E-state index in [0.717, 1.165) is 30.4 Å². The van der Waals surface area contributed by atoms with Crippen molar-refractivity contribution < 1.29 is 0 Å². The fourth-order valence-electron chi connectivity index (χ4n) is 2.27. The molecule has 0 saturated heterocycles. The van der Waals surface area contributed by atoms with Crippen LogP contribution in [-0.2, 0) is 0 Å². The summed E-state index contributed by atoms with van der Waals surface area (Å²) < 4.78 is 0. The highest BCUT2D eigenvalue weighted by Gasteiger charge is 2.32. The molecule has 0 unspecified atom stereocenters. The summed E-state index contributed by atoms with van der Waals surface area (Å²) >= 11 is 0. The van der Waals surface area contributed by atoms with E-state index in [0.29, 0.717) is 5.92 Å². The standard InChI is InChI=1S/C15H26N4/c1-5-9-16-12-10-13(18-14(17-12)11(2)3)19-15(4)7-6-8-15/h10-11H,5-9H2,1-4H3,(H2,16,17,18,19). The molecule has 0 atom stereocenters. The van der Waals surface area contributed by atoms with E-state index in [-0.39, 0.29) is 5.54 Å². The summed E-state index contributed by atoms with van der Waals surface area (Å²) in [6, 6.07) is 2.03. The largest absolute Gasteiger partial charge is 0.370 e.